The van der Waals surface area contributed by atoms with E-state index >= 15 is 0 Å². The second-order valence-electron chi connectivity index (χ2n) is 8.89. The first-order chi connectivity index (χ1) is 17.6. The number of halogens is 3. The SMILES string of the molecule is Cc1ccnc(Nc2cccc3c2OC[C@H]3N(C(=O)C(F)(F)F)c2ccc3c(c2)OC[C@H]3CC(=O)O)c1. The van der Waals surface area contributed by atoms with E-state index in [4.69, 9.17) is 14.6 Å². The average molecular weight is 513 g/mol. The third-order valence-electron chi connectivity index (χ3n) is 6.32. The predicted molar refractivity (Wildman–Crippen MR) is 127 cm³/mol. The minimum atomic E-state index is -5.14. The number of rotatable bonds is 6. The summed E-state index contributed by atoms with van der Waals surface area (Å²) in [6, 6.07) is 11.8. The first kappa shape index (κ1) is 24.4. The highest BCUT2D eigenvalue weighted by Gasteiger charge is 2.48. The highest BCUT2D eigenvalue weighted by molar-refractivity contribution is 5.98. The van der Waals surface area contributed by atoms with Gasteiger partial charge in [0.2, 0.25) is 0 Å². The number of nitrogens with zero attached hydrogens (tertiary/aromatic N) is 2. The van der Waals surface area contributed by atoms with Crippen molar-refractivity contribution in [1.29, 1.82) is 0 Å². The number of carboxylic acid groups (broad SMARTS) is 1. The van der Waals surface area contributed by atoms with E-state index in [1.54, 1.807) is 24.4 Å². The molecule has 3 heterocycles. The third-order valence-corrected chi connectivity index (χ3v) is 6.32. The van der Waals surface area contributed by atoms with Crippen LogP contribution in [0.3, 0.4) is 0 Å². The highest BCUT2D eigenvalue weighted by Crippen LogP contribution is 2.46. The van der Waals surface area contributed by atoms with Crippen molar-refractivity contribution in [3.05, 3.63) is 71.4 Å². The van der Waals surface area contributed by atoms with Crippen molar-refractivity contribution in [1.82, 2.24) is 4.98 Å². The number of nitrogens with one attached hydrogen (secondary N) is 1. The maximum absolute atomic E-state index is 13.7. The van der Waals surface area contributed by atoms with Crippen LogP contribution >= 0.6 is 0 Å². The van der Waals surface area contributed by atoms with Gasteiger partial charge in [-0.3, -0.25) is 14.5 Å². The molecule has 5 rings (SSSR count). The molecular weight excluding hydrogens is 491 g/mol. The van der Waals surface area contributed by atoms with Crippen molar-refractivity contribution in [2.45, 2.75) is 31.5 Å². The van der Waals surface area contributed by atoms with Crippen LogP contribution in [-0.4, -0.2) is 41.4 Å². The van der Waals surface area contributed by atoms with Crippen LogP contribution in [0.2, 0.25) is 0 Å². The molecule has 192 valence electrons. The van der Waals surface area contributed by atoms with Gasteiger partial charge in [-0.05, 0) is 36.8 Å². The van der Waals surface area contributed by atoms with Crippen LogP contribution in [-0.2, 0) is 9.59 Å². The van der Waals surface area contributed by atoms with Gasteiger partial charge in [-0.25, -0.2) is 4.98 Å². The largest absolute Gasteiger partial charge is 0.493 e. The molecular formula is C26H22F3N3O5. The van der Waals surface area contributed by atoms with Crippen LogP contribution < -0.4 is 19.7 Å². The first-order valence-electron chi connectivity index (χ1n) is 11.5. The number of fused-ring (bicyclic) bond motifs is 2. The number of amides is 1. The second-order valence-corrected chi connectivity index (χ2v) is 8.89. The molecule has 0 unspecified atom stereocenters. The van der Waals surface area contributed by atoms with Gasteiger partial charge in [-0.1, -0.05) is 18.2 Å². The van der Waals surface area contributed by atoms with Gasteiger partial charge in [0.25, 0.3) is 0 Å². The smallest absolute Gasteiger partial charge is 0.471 e. The summed E-state index contributed by atoms with van der Waals surface area (Å²) >= 11 is 0. The minimum Gasteiger partial charge on any atom is -0.493 e. The first-order valence-corrected chi connectivity index (χ1v) is 11.5. The van der Waals surface area contributed by atoms with Crippen LogP contribution in [0, 0.1) is 6.92 Å². The number of hydrogen-bond donors (Lipinski definition) is 2. The van der Waals surface area contributed by atoms with Crippen molar-refractivity contribution in [2.75, 3.05) is 23.4 Å². The van der Waals surface area contributed by atoms with Gasteiger partial charge >= 0.3 is 18.1 Å². The summed E-state index contributed by atoms with van der Waals surface area (Å²) in [6.07, 6.45) is -3.69. The van der Waals surface area contributed by atoms with E-state index in [1.807, 2.05) is 19.1 Å². The van der Waals surface area contributed by atoms with E-state index in [2.05, 4.69) is 10.3 Å². The number of pyridine rings is 1. The summed E-state index contributed by atoms with van der Waals surface area (Å²) < 4.78 is 52.6. The molecule has 2 atom stereocenters. The Morgan fingerprint density at radius 2 is 1.92 bits per heavy atom. The van der Waals surface area contributed by atoms with Gasteiger partial charge in [0.15, 0.2) is 0 Å². The molecule has 37 heavy (non-hydrogen) atoms. The highest BCUT2D eigenvalue weighted by atomic mass is 19.4. The summed E-state index contributed by atoms with van der Waals surface area (Å²) in [4.78, 5) is 28.7. The van der Waals surface area contributed by atoms with Gasteiger partial charge in [-0.15, -0.1) is 0 Å². The molecule has 2 aromatic carbocycles. The van der Waals surface area contributed by atoms with Gasteiger partial charge in [-0.2, -0.15) is 13.2 Å². The van der Waals surface area contributed by atoms with E-state index < -0.39 is 30.0 Å². The van der Waals surface area contributed by atoms with Crippen LogP contribution in [0.5, 0.6) is 11.5 Å². The molecule has 0 bridgehead atoms. The molecule has 2 aliphatic rings. The molecule has 2 aliphatic heterocycles. The molecule has 1 amide bonds. The van der Waals surface area contributed by atoms with Crippen molar-refractivity contribution < 1.29 is 37.3 Å². The number of carboxylic acids is 1. The summed E-state index contributed by atoms with van der Waals surface area (Å²) in [7, 11) is 0. The molecule has 0 fully saturated rings. The number of ether oxygens (including phenoxy) is 2. The van der Waals surface area contributed by atoms with Gasteiger partial charge in [0, 0.05) is 35.0 Å². The van der Waals surface area contributed by atoms with Crippen LogP contribution in [0.1, 0.15) is 35.1 Å². The number of anilines is 3. The Balaban J connectivity index is 1.51. The van der Waals surface area contributed by atoms with Crippen molar-refractivity contribution in [3.8, 4) is 11.5 Å². The Hall–Kier alpha value is -4.28. The van der Waals surface area contributed by atoms with Crippen molar-refractivity contribution >= 4 is 29.1 Å². The number of aliphatic carboxylic acids is 1. The molecule has 0 aliphatic carbocycles. The second kappa shape index (κ2) is 9.30. The monoisotopic (exact) mass is 513 g/mol. The number of carbonyl (C=O) groups is 2. The lowest BCUT2D eigenvalue weighted by Gasteiger charge is -2.29. The molecule has 3 aromatic rings. The fourth-order valence-corrected chi connectivity index (χ4v) is 4.66. The van der Waals surface area contributed by atoms with Crippen LogP contribution in [0.25, 0.3) is 0 Å². The number of benzene rings is 2. The molecule has 0 saturated carbocycles. The number of hydrogen-bond acceptors (Lipinski definition) is 6. The Labute approximate surface area is 209 Å². The fraction of sp³-hybridized carbons (Fsp3) is 0.269. The van der Waals surface area contributed by atoms with Gasteiger partial charge in [0.05, 0.1) is 24.8 Å². The van der Waals surface area contributed by atoms with Crippen LogP contribution in [0.15, 0.2) is 54.7 Å². The topological polar surface area (TPSA) is 101 Å². The molecule has 11 heteroatoms. The number of carbonyl (C=O) groups excluding carboxylic acids is 1. The summed E-state index contributed by atoms with van der Waals surface area (Å²) in [5.41, 5.74) is 2.42. The summed E-state index contributed by atoms with van der Waals surface area (Å²) in [5.74, 6) is -2.36. The fourth-order valence-electron chi connectivity index (χ4n) is 4.66. The quantitative estimate of drug-likeness (QED) is 0.472. The lowest BCUT2D eigenvalue weighted by Crippen LogP contribution is -2.44. The maximum atomic E-state index is 13.7. The van der Waals surface area contributed by atoms with E-state index in [0.29, 0.717) is 33.3 Å². The van der Waals surface area contributed by atoms with E-state index in [1.165, 1.54) is 18.2 Å². The van der Waals surface area contributed by atoms with Crippen LogP contribution in [0.4, 0.5) is 30.4 Å². The van der Waals surface area contributed by atoms with E-state index in [9.17, 15) is 22.8 Å². The normalized spacial score (nSPS) is 17.8. The number of aromatic nitrogens is 1. The zero-order valence-electron chi connectivity index (χ0n) is 19.6. The van der Waals surface area contributed by atoms with Crippen molar-refractivity contribution in [3.63, 3.8) is 0 Å². The van der Waals surface area contributed by atoms with E-state index in [0.717, 1.165) is 5.56 Å². The molecule has 0 spiro atoms. The Bertz CT molecular complexity index is 1380. The zero-order chi connectivity index (χ0) is 26.3. The third kappa shape index (κ3) is 4.76. The lowest BCUT2D eigenvalue weighted by molar-refractivity contribution is -0.171. The van der Waals surface area contributed by atoms with Crippen molar-refractivity contribution in [2.24, 2.45) is 0 Å². The number of para-hydroxylation sites is 1. The predicted octanol–water partition coefficient (Wildman–Crippen LogP) is 5.11. The molecule has 2 N–H and O–H groups in total. The molecule has 0 saturated heterocycles. The van der Waals surface area contributed by atoms with E-state index in [-0.39, 0.29) is 31.1 Å². The summed E-state index contributed by atoms with van der Waals surface area (Å²) in [5, 5.41) is 12.2. The molecule has 8 nitrogen and oxygen atoms in total. The standard InChI is InChI=1S/C26H22F3N3O5/c1-14-7-8-30-22(9-14)31-19-4-2-3-18-20(13-37-24(18)19)32(25(35)26(27,28)29)16-5-6-17-15(10-23(33)34)12-36-21(17)11-16/h2-9,11,15,20H,10,12-13H2,1H3,(H,30,31)(H,33,34)/t15-,20-/m1/s1. The molecule has 1 aromatic heterocycles. The number of alkyl halides is 3. The Morgan fingerprint density at radius 1 is 1.11 bits per heavy atom. The summed E-state index contributed by atoms with van der Waals surface area (Å²) in [6.45, 7) is 1.80. The Morgan fingerprint density at radius 3 is 2.65 bits per heavy atom. The molecule has 0 radical (unpaired) electrons. The zero-order valence-corrected chi connectivity index (χ0v) is 19.6. The minimum absolute atomic E-state index is 0.0304. The lowest BCUT2D eigenvalue weighted by atomic mass is 9.97. The Kier molecular flexibility index (Phi) is 6.14. The van der Waals surface area contributed by atoms with Gasteiger partial charge in [0.1, 0.15) is 23.9 Å². The number of aryl methyl sites for hydroxylation is 1. The average Bonchev–Trinajstić information content (AvgIpc) is 3.43. The van der Waals surface area contributed by atoms with Gasteiger partial charge < -0.3 is 19.9 Å². The maximum Gasteiger partial charge on any atom is 0.471 e.